The molecule has 1 rings (SSSR count). The van der Waals surface area contributed by atoms with E-state index in [0.717, 1.165) is 0 Å². The third-order valence-corrected chi connectivity index (χ3v) is 2.26. The van der Waals surface area contributed by atoms with E-state index in [1.165, 1.54) is 12.3 Å². The molecule has 0 aliphatic carbocycles. The molecule has 0 fully saturated rings. The number of esters is 1. The second-order valence-corrected chi connectivity index (χ2v) is 4.33. The number of anilines is 1. The molecular formula is C12H17N3O4. The summed E-state index contributed by atoms with van der Waals surface area (Å²) in [5, 5.41) is 13.5. The molecule has 0 aromatic carbocycles. The maximum absolute atomic E-state index is 11.3. The van der Waals surface area contributed by atoms with Gasteiger partial charge in [0.15, 0.2) is 0 Å². The average molecular weight is 267 g/mol. The van der Waals surface area contributed by atoms with Crippen LogP contribution in [0.3, 0.4) is 0 Å². The normalized spacial score (nSPS) is 10.3. The lowest BCUT2D eigenvalue weighted by atomic mass is 10.2. The van der Waals surface area contributed by atoms with Crippen molar-refractivity contribution in [3.8, 4) is 0 Å². The molecule has 1 aromatic rings. The number of ether oxygens (including phenoxy) is 1. The molecule has 0 aliphatic rings. The van der Waals surface area contributed by atoms with Crippen LogP contribution in [0.15, 0.2) is 12.3 Å². The van der Waals surface area contributed by atoms with Crippen LogP contribution in [0.25, 0.3) is 0 Å². The first-order chi connectivity index (χ1) is 8.90. The molecule has 1 aromatic heterocycles. The Balaban J connectivity index is 2.50. The summed E-state index contributed by atoms with van der Waals surface area (Å²) in [5.41, 5.74) is 0.605. The number of pyridine rings is 1. The average Bonchev–Trinajstić information content (AvgIpc) is 2.29. The maximum Gasteiger partial charge on any atom is 0.307 e. The standard InChI is InChI=1S/C12H17N3O4/c1-8(2)19-11(16)4-5-13-12-9(3)6-10(7-14-12)15(17)18/h6-8H,4-5H2,1-3H3,(H,13,14). The van der Waals surface area contributed by atoms with Gasteiger partial charge in [-0.2, -0.15) is 0 Å². The van der Waals surface area contributed by atoms with Crippen molar-refractivity contribution in [2.75, 3.05) is 11.9 Å². The molecule has 0 atom stereocenters. The SMILES string of the molecule is Cc1cc([N+](=O)[O-])cnc1NCCC(=O)OC(C)C. The highest BCUT2D eigenvalue weighted by Gasteiger charge is 2.10. The number of hydrogen-bond donors (Lipinski definition) is 1. The van der Waals surface area contributed by atoms with Crippen LogP contribution in [0.4, 0.5) is 11.5 Å². The number of nitrogens with one attached hydrogen (secondary N) is 1. The van der Waals surface area contributed by atoms with Crippen molar-refractivity contribution in [2.45, 2.75) is 33.3 Å². The van der Waals surface area contributed by atoms with Gasteiger partial charge in [0, 0.05) is 12.6 Å². The number of nitrogens with zero attached hydrogens (tertiary/aromatic N) is 2. The van der Waals surface area contributed by atoms with Crippen molar-refractivity contribution >= 4 is 17.5 Å². The molecule has 0 radical (unpaired) electrons. The van der Waals surface area contributed by atoms with Gasteiger partial charge in [-0.15, -0.1) is 0 Å². The fraction of sp³-hybridized carbons (Fsp3) is 0.500. The van der Waals surface area contributed by atoms with Gasteiger partial charge in [-0.1, -0.05) is 0 Å². The first-order valence-electron chi connectivity index (χ1n) is 5.94. The number of hydrogen-bond acceptors (Lipinski definition) is 6. The van der Waals surface area contributed by atoms with Crippen LogP contribution in [0.1, 0.15) is 25.8 Å². The quantitative estimate of drug-likeness (QED) is 0.481. The van der Waals surface area contributed by atoms with Gasteiger partial charge in [0.1, 0.15) is 12.0 Å². The van der Waals surface area contributed by atoms with Crippen LogP contribution in [0.2, 0.25) is 0 Å². The van der Waals surface area contributed by atoms with E-state index in [4.69, 9.17) is 4.74 Å². The van der Waals surface area contributed by atoms with Crippen LogP contribution >= 0.6 is 0 Å². The van der Waals surface area contributed by atoms with Gasteiger partial charge in [-0.3, -0.25) is 14.9 Å². The first kappa shape index (κ1) is 14.9. The van der Waals surface area contributed by atoms with Crippen molar-refractivity contribution in [2.24, 2.45) is 0 Å². The lowest BCUT2D eigenvalue weighted by Gasteiger charge is -2.09. The van der Waals surface area contributed by atoms with Gasteiger partial charge in [-0.25, -0.2) is 4.98 Å². The van der Waals surface area contributed by atoms with Crippen LogP contribution < -0.4 is 5.32 Å². The van der Waals surface area contributed by atoms with Gasteiger partial charge in [-0.05, 0) is 26.3 Å². The van der Waals surface area contributed by atoms with Gasteiger partial charge < -0.3 is 10.1 Å². The van der Waals surface area contributed by atoms with Gasteiger partial charge in [0.25, 0.3) is 5.69 Å². The van der Waals surface area contributed by atoms with Crippen molar-refractivity contribution in [3.63, 3.8) is 0 Å². The fourth-order valence-corrected chi connectivity index (χ4v) is 1.45. The molecule has 1 N–H and O–H groups in total. The van der Waals surface area contributed by atoms with Crippen LogP contribution in [0, 0.1) is 17.0 Å². The lowest BCUT2D eigenvalue weighted by molar-refractivity contribution is -0.385. The van der Waals surface area contributed by atoms with Crippen LogP contribution in [-0.2, 0) is 9.53 Å². The zero-order chi connectivity index (χ0) is 14.4. The number of aryl methyl sites for hydroxylation is 1. The highest BCUT2D eigenvalue weighted by Crippen LogP contribution is 2.17. The largest absolute Gasteiger partial charge is 0.463 e. The number of aromatic nitrogens is 1. The molecule has 19 heavy (non-hydrogen) atoms. The summed E-state index contributed by atoms with van der Waals surface area (Å²) < 4.78 is 4.98. The Bertz CT molecular complexity index is 474. The molecule has 0 unspecified atom stereocenters. The van der Waals surface area contributed by atoms with Gasteiger partial charge in [0.05, 0.1) is 17.4 Å². The van der Waals surface area contributed by atoms with Crippen LogP contribution in [0.5, 0.6) is 0 Å². The van der Waals surface area contributed by atoms with Crippen LogP contribution in [-0.4, -0.2) is 28.5 Å². The van der Waals surface area contributed by atoms with E-state index < -0.39 is 4.92 Å². The van der Waals surface area contributed by atoms with Gasteiger partial charge >= 0.3 is 5.97 Å². The summed E-state index contributed by atoms with van der Waals surface area (Å²) in [7, 11) is 0. The molecule has 0 saturated carbocycles. The minimum Gasteiger partial charge on any atom is -0.463 e. The zero-order valence-electron chi connectivity index (χ0n) is 11.2. The fourth-order valence-electron chi connectivity index (χ4n) is 1.45. The van der Waals surface area contributed by atoms with E-state index in [9.17, 15) is 14.9 Å². The molecule has 0 spiro atoms. The molecule has 7 nitrogen and oxygen atoms in total. The van der Waals surface area contributed by atoms with E-state index in [1.807, 2.05) is 0 Å². The van der Waals surface area contributed by atoms with Crippen molar-refractivity contribution in [1.29, 1.82) is 0 Å². The number of carbonyl (C=O) groups excluding carboxylic acids is 1. The van der Waals surface area contributed by atoms with E-state index in [0.29, 0.717) is 17.9 Å². The summed E-state index contributed by atoms with van der Waals surface area (Å²) in [4.78, 5) is 25.3. The molecule has 0 aliphatic heterocycles. The Morgan fingerprint density at radius 2 is 2.26 bits per heavy atom. The summed E-state index contributed by atoms with van der Waals surface area (Å²) in [6, 6.07) is 1.43. The van der Waals surface area contributed by atoms with Crippen molar-refractivity contribution in [1.82, 2.24) is 4.98 Å². The molecular weight excluding hydrogens is 250 g/mol. The predicted molar refractivity (Wildman–Crippen MR) is 70.0 cm³/mol. The molecule has 0 saturated heterocycles. The number of nitro groups is 1. The Morgan fingerprint density at radius 3 is 2.79 bits per heavy atom. The molecule has 0 amide bonds. The maximum atomic E-state index is 11.3. The summed E-state index contributed by atoms with van der Waals surface area (Å²) in [6.45, 7) is 5.66. The lowest BCUT2D eigenvalue weighted by Crippen LogP contribution is -2.16. The highest BCUT2D eigenvalue weighted by molar-refractivity contribution is 5.70. The second-order valence-electron chi connectivity index (χ2n) is 4.33. The minimum atomic E-state index is -0.496. The molecule has 1 heterocycles. The number of carbonyl (C=O) groups is 1. The Morgan fingerprint density at radius 1 is 1.58 bits per heavy atom. The van der Waals surface area contributed by atoms with Gasteiger partial charge in [0.2, 0.25) is 0 Å². The first-order valence-corrected chi connectivity index (χ1v) is 5.94. The summed E-state index contributed by atoms with van der Waals surface area (Å²) in [6.07, 6.45) is 1.27. The molecule has 104 valence electrons. The third kappa shape index (κ3) is 4.90. The molecule has 0 bridgehead atoms. The van der Waals surface area contributed by atoms with E-state index in [2.05, 4.69) is 10.3 Å². The zero-order valence-corrected chi connectivity index (χ0v) is 11.2. The summed E-state index contributed by atoms with van der Waals surface area (Å²) in [5.74, 6) is 0.241. The minimum absolute atomic E-state index is 0.0535. The second kappa shape index (κ2) is 6.67. The van der Waals surface area contributed by atoms with E-state index >= 15 is 0 Å². The summed E-state index contributed by atoms with van der Waals surface area (Å²) >= 11 is 0. The Labute approximate surface area is 111 Å². The topological polar surface area (TPSA) is 94.4 Å². The van der Waals surface area contributed by atoms with E-state index in [-0.39, 0.29) is 24.2 Å². The van der Waals surface area contributed by atoms with E-state index in [1.54, 1.807) is 20.8 Å². The highest BCUT2D eigenvalue weighted by atomic mass is 16.6. The predicted octanol–water partition coefficient (Wildman–Crippen LogP) is 2.05. The van der Waals surface area contributed by atoms with Crippen molar-refractivity contribution < 1.29 is 14.5 Å². The Hall–Kier alpha value is -2.18. The molecule has 7 heteroatoms. The smallest absolute Gasteiger partial charge is 0.307 e. The number of rotatable bonds is 6. The third-order valence-electron chi connectivity index (χ3n) is 2.26. The monoisotopic (exact) mass is 267 g/mol. The Kier molecular flexibility index (Phi) is 5.23. The van der Waals surface area contributed by atoms with Crippen molar-refractivity contribution in [3.05, 3.63) is 27.9 Å².